The Labute approximate surface area is 185 Å². The van der Waals surface area contributed by atoms with Gasteiger partial charge in [0, 0.05) is 5.92 Å². The van der Waals surface area contributed by atoms with Gasteiger partial charge < -0.3 is 14.3 Å². The van der Waals surface area contributed by atoms with Crippen LogP contribution in [0.2, 0.25) is 0 Å². The van der Waals surface area contributed by atoms with Gasteiger partial charge in [0.1, 0.15) is 12.4 Å². The first kappa shape index (κ1) is 22.7. The van der Waals surface area contributed by atoms with Gasteiger partial charge in [0.15, 0.2) is 0 Å². The van der Waals surface area contributed by atoms with Crippen molar-refractivity contribution in [1.82, 2.24) is 0 Å². The molecule has 3 aromatic rings. The number of carbonyl (C=O) groups excluding carboxylic acids is 1. The van der Waals surface area contributed by atoms with Crippen LogP contribution in [0.5, 0.6) is 0 Å². The summed E-state index contributed by atoms with van der Waals surface area (Å²) < 4.78 is 12.4. The number of aldehydes is 1. The van der Waals surface area contributed by atoms with E-state index in [2.05, 4.69) is 18.7 Å². The van der Waals surface area contributed by atoms with Crippen molar-refractivity contribution in [3.05, 3.63) is 120 Å². The highest BCUT2D eigenvalue weighted by molar-refractivity contribution is 5.55. The lowest BCUT2D eigenvalue weighted by atomic mass is 9.92. The van der Waals surface area contributed by atoms with Gasteiger partial charge >= 0.3 is 0 Å². The van der Waals surface area contributed by atoms with Crippen LogP contribution in [0.3, 0.4) is 0 Å². The number of ether oxygens (including phenoxy) is 2. The first-order chi connectivity index (χ1) is 15.3. The first-order valence-electron chi connectivity index (χ1n) is 10.7. The van der Waals surface area contributed by atoms with E-state index < -0.39 is 12.2 Å². The third-order valence-corrected chi connectivity index (χ3v) is 5.33. The summed E-state index contributed by atoms with van der Waals surface area (Å²) in [4.78, 5) is 12.1. The van der Waals surface area contributed by atoms with Crippen molar-refractivity contribution in [1.29, 1.82) is 0 Å². The Morgan fingerprint density at radius 2 is 1.19 bits per heavy atom. The number of benzene rings is 3. The summed E-state index contributed by atoms with van der Waals surface area (Å²) in [5.74, 6) is -0.303. The molecule has 0 saturated heterocycles. The topological polar surface area (TPSA) is 35.5 Å². The summed E-state index contributed by atoms with van der Waals surface area (Å²) in [6.07, 6.45) is 3.43. The molecule has 0 saturated carbocycles. The Kier molecular flexibility index (Phi) is 9.24. The third kappa shape index (κ3) is 7.32. The van der Waals surface area contributed by atoms with E-state index in [1.807, 2.05) is 78.9 Å². The van der Waals surface area contributed by atoms with E-state index in [0.29, 0.717) is 19.6 Å². The molecule has 0 radical (unpaired) electrons. The second kappa shape index (κ2) is 12.6. The van der Waals surface area contributed by atoms with Crippen LogP contribution >= 0.6 is 0 Å². The highest BCUT2D eigenvalue weighted by atomic mass is 16.5. The van der Waals surface area contributed by atoms with Gasteiger partial charge in [0.05, 0.1) is 19.3 Å². The van der Waals surface area contributed by atoms with Crippen molar-refractivity contribution < 1.29 is 14.3 Å². The van der Waals surface area contributed by atoms with Crippen molar-refractivity contribution >= 4 is 6.29 Å². The second-order valence-corrected chi connectivity index (χ2v) is 7.58. The minimum atomic E-state index is -0.414. The maximum Gasteiger partial charge on any atom is 0.125 e. The Balaban J connectivity index is 1.71. The Morgan fingerprint density at radius 1 is 0.710 bits per heavy atom. The fraction of sp³-hybridized carbons (Fsp3) is 0.250. The molecule has 0 aliphatic heterocycles. The minimum absolute atomic E-state index is 0.303. The maximum atomic E-state index is 12.1. The second-order valence-electron chi connectivity index (χ2n) is 7.58. The summed E-state index contributed by atoms with van der Waals surface area (Å²) in [5.41, 5.74) is 3.34. The summed E-state index contributed by atoms with van der Waals surface area (Å²) in [6.45, 7) is 4.82. The van der Waals surface area contributed by atoms with Gasteiger partial charge in [-0.1, -0.05) is 97.1 Å². The first-order valence-corrected chi connectivity index (χ1v) is 10.7. The molecule has 0 aromatic heterocycles. The molecular formula is C28H30O3. The molecule has 0 bridgehead atoms. The minimum Gasteiger partial charge on any atom is -0.370 e. The Morgan fingerprint density at radius 3 is 1.68 bits per heavy atom. The van der Waals surface area contributed by atoms with Gasteiger partial charge in [-0.05, 0) is 29.5 Å². The van der Waals surface area contributed by atoms with Crippen LogP contribution in [0, 0.1) is 5.92 Å². The molecule has 3 atom stereocenters. The van der Waals surface area contributed by atoms with Gasteiger partial charge in [-0.15, -0.1) is 6.58 Å². The molecule has 0 N–H and O–H groups in total. The van der Waals surface area contributed by atoms with Crippen LogP contribution in [0.4, 0.5) is 0 Å². The van der Waals surface area contributed by atoms with Crippen LogP contribution in [-0.2, 0) is 33.9 Å². The largest absolute Gasteiger partial charge is 0.370 e. The van der Waals surface area contributed by atoms with E-state index in [0.717, 1.165) is 23.8 Å². The predicted octanol–water partition coefficient (Wildman–Crippen LogP) is 5.79. The zero-order valence-electron chi connectivity index (χ0n) is 17.8. The fourth-order valence-electron chi connectivity index (χ4n) is 3.58. The lowest BCUT2D eigenvalue weighted by Crippen LogP contribution is -2.38. The average Bonchev–Trinajstić information content (AvgIpc) is 2.84. The van der Waals surface area contributed by atoms with E-state index in [-0.39, 0.29) is 5.92 Å². The van der Waals surface area contributed by atoms with E-state index in [1.54, 1.807) is 6.08 Å². The number of hydrogen-bond donors (Lipinski definition) is 0. The normalized spacial score (nSPS) is 13.8. The lowest BCUT2D eigenvalue weighted by Gasteiger charge is -2.29. The third-order valence-electron chi connectivity index (χ3n) is 5.33. The monoisotopic (exact) mass is 414 g/mol. The van der Waals surface area contributed by atoms with E-state index in [4.69, 9.17) is 9.47 Å². The molecule has 3 rings (SSSR count). The number of carbonyl (C=O) groups is 1. The average molecular weight is 415 g/mol. The summed E-state index contributed by atoms with van der Waals surface area (Å²) in [6, 6.07) is 30.2. The molecule has 0 unspecified atom stereocenters. The standard InChI is InChI=1S/C28H30O3/c1-2-27(30-21-24-14-8-4-9-15-24)28(31-22-25-16-10-5-11-17-25)26(20-29)19-18-23-12-6-3-7-13-23/h2-17,20,26-28H,1,18-19,21-22H2/t26-,27+,28+/m0/s1. The molecule has 0 spiro atoms. The number of hydrogen-bond acceptors (Lipinski definition) is 3. The molecule has 0 aliphatic carbocycles. The molecule has 31 heavy (non-hydrogen) atoms. The molecule has 3 aromatic carbocycles. The fourth-order valence-corrected chi connectivity index (χ4v) is 3.58. The van der Waals surface area contributed by atoms with Gasteiger partial charge in [0.2, 0.25) is 0 Å². The van der Waals surface area contributed by atoms with Crippen LogP contribution < -0.4 is 0 Å². The van der Waals surface area contributed by atoms with Gasteiger partial charge in [-0.25, -0.2) is 0 Å². The van der Waals surface area contributed by atoms with Crippen LogP contribution in [0.25, 0.3) is 0 Å². The van der Waals surface area contributed by atoms with E-state index in [9.17, 15) is 4.79 Å². The molecule has 3 nitrogen and oxygen atoms in total. The molecule has 0 fully saturated rings. The molecule has 0 amide bonds. The summed E-state index contributed by atoms with van der Waals surface area (Å²) >= 11 is 0. The Hall–Kier alpha value is -3.01. The SMILES string of the molecule is C=C[C@@H](OCc1ccccc1)[C@H](OCc1ccccc1)[C@H](C=O)CCc1ccccc1. The lowest BCUT2D eigenvalue weighted by molar-refractivity contribution is -0.126. The van der Waals surface area contributed by atoms with Crippen molar-refractivity contribution in [2.45, 2.75) is 38.3 Å². The number of aryl methyl sites for hydroxylation is 1. The molecule has 0 aliphatic rings. The van der Waals surface area contributed by atoms with E-state index >= 15 is 0 Å². The summed E-state index contributed by atoms with van der Waals surface area (Å²) in [7, 11) is 0. The molecule has 3 heteroatoms. The van der Waals surface area contributed by atoms with Crippen LogP contribution in [0.1, 0.15) is 23.1 Å². The van der Waals surface area contributed by atoms with Crippen molar-refractivity contribution in [2.75, 3.05) is 0 Å². The highest BCUT2D eigenvalue weighted by Gasteiger charge is 2.29. The van der Waals surface area contributed by atoms with Gasteiger partial charge in [-0.3, -0.25) is 0 Å². The van der Waals surface area contributed by atoms with Crippen molar-refractivity contribution in [3.8, 4) is 0 Å². The zero-order valence-corrected chi connectivity index (χ0v) is 17.8. The number of rotatable bonds is 13. The maximum absolute atomic E-state index is 12.1. The van der Waals surface area contributed by atoms with Crippen LogP contribution in [0.15, 0.2) is 104 Å². The van der Waals surface area contributed by atoms with Crippen LogP contribution in [-0.4, -0.2) is 18.5 Å². The van der Waals surface area contributed by atoms with E-state index in [1.165, 1.54) is 5.56 Å². The van der Waals surface area contributed by atoms with Crippen molar-refractivity contribution in [3.63, 3.8) is 0 Å². The molecular weight excluding hydrogens is 384 g/mol. The zero-order chi connectivity index (χ0) is 21.7. The van der Waals surface area contributed by atoms with Gasteiger partial charge in [-0.2, -0.15) is 0 Å². The van der Waals surface area contributed by atoms with Gasteiger partial charge in [0.25, 0.3) is 0 Å². The molecule has 160 valence electrons. The van der Waals surface area contributed by atoms with Crippen molar-refractivity contribution in [2.24, 2.45) is 5.92 Å². The quantitative estimate of drug-likeness (QED) is 0.262. The predicted molar refractivity (Wildman–Crippen MR) is 125 cm³/mol. The summed E-state index contributed by atoms with van der Waals surface area (Å²) in [5, 5.41) is 0. The highest BCUT2D eigenvalue weighted by Crippen LogP contribution is 2.22. The Bertz CT molecular complexity index is 838. The smallest absolute Gasteiger partial charge is 0.125 e. The molecule has 0 heterocycles.